The number of carbonyl (C=O) groups excluding carboxylic acids is 2. The normalized spacial score (nSPS) is 19.6. The predicted molar refractivity (Wildman–Crippen MR) is 110 cm³/mol. The molecule has 1 atom stereocenters. The zero-order valence-electron chi connectivity index (χ0n) is 16.5. The third kappa shape index (κ3) is 2.62. The first kappa shape index (κ1) is 18.4. The summed E-state index contributed by atoms with van der Waals surface area (Å²) in [6.45, 7) is 1.02. The number of aromatic nitrogens is 1. The van der Waals surface area contributed by atoms with Gasteiger partial charge in [-0.1, -0.05) is 30.4 Å². The number of rotatable bonds is 3. The number of imide groups is 1. The third-order valence-electron chi connectivity index (χ3n) is 6.15. The molecule has 3 amide bonds. The van der Waals surface area contributed by atoms with Crippen molar-refractivity contribution < 1.29 is 19.5 Å². The van der Waals surface area contributed by atoms with Gasteiger partial charge in [0.05, 0.1) is 11.3 Å². The molecule has 7 heteroatoms. The van der Waals surface area contributed by atoms with Crippen LogP contribution in [0.5, 0.6) is 0 Å². The van der Waals surface area contributed by atoms with E-state index in [4.69, 9.17) is 5.11 Å². The topological polar surface area (TPSA) is 82.8 Å². The Bertz CT molecular complexity index is 1240. The minimum atomic E-state index is -0.962. The van der Waals surface area contributed by atoms with Crippen LogP contribution in [0, 0.1) is 0 Å². The lowest BCUT2D eigenvalue weighted by Gasteiger charge is -2.29. The van der Waals surface area contributed by atoms with E-state index in [1.807, 2.05) is 6.08 Å². The van der Waals surface area contributed by atoms with Gasteiger partial charge in [-0.25, -0.2) is 9.59 Å². The fourth-order valence-electron chi connectivity index (χ4n) is 4.68. The minimum Gasteiger partial charge on any atom is -0.478 e. The van der Waals surface area contributed by atoms with Crippen LogP contribution in [-0.4, -0.2) is 51.0 Å². The van der Waals surface area contributed by atoms with Gasteiger partial charge < -0.3 is 14.6 Å². The number of fused-ring (bicyclic) bond motifs is 5. The number of allylic oxidation sites excluding steroid dienone is 2. The number of carboxylic acid groups (broad SMARTS) is 1. The second-order valence-corrected chi connectivity index (χ2v) is 7.81. The molecule has 1 saturated heterocycles. The van der Waals surface area contributed by atoms with Crippen LogP contribution >= 0.6 is 0 Å². The molecule has 1 aromatic carbocycles. The average molecular weight is 403 g/mol. The van der Waals surface area contributed by atoms with Crippen molar-refractivity contribution in [3.05, 3.63) is 69.4 Å². The highest BCUT2D eigenvalue weighted by molar-refractivity contribution is 6.04. The molecule has 7 nitrogen and oxygen atoms in total. The molecular weight excluding hydrogens is 382 g/mol. The Hall–Kier alpha value is -3.61. The summed E-state index contributed by atoms with van der Waals surface area (Å²) in [5.74, 6) is -1.16. The van der Waals surface area contributed by atoms with Crippen molar-refractivity contribution in [1.82, 2.24) is 14.4 Å². The Balaban J connectivity index is 1.70. The number of nitrogens with zero attached hydrogens (tertiary/aromatic N) is 3. The summed E-state index contributed by atoms with van der Waals surface area (Å²) in [6.07, 6.45) is 9.86. The summed E-state index contributed by atoms with van der Waals surface area (Å²) in [7, 11) is 1.53. The smallest absolute Gasteiger partial charge is 0.335 e. The molecule has 0 radical (unpaired) electrons. The van der Waals surface area contributed by atoms with E-state index in [1.54, 1.807) is 29.2 Å². The number of hydrogen-bond donors (Lipinski definition) is 1. The predicted octanol–water partition coefficient (Wildman–Crippen LogP) is 1.25. The van der Waals surface area contributed by atoms with Gasteiger partial charge in [0.1, 0.15) is 0 Å². The summed E-state index contributed by atoms with van der Waals surface area (Å²) < 4.78 is 2.12. The summed E-state index contributed by atoms with van der Waals surface area (Å²) >= 11 is 0. The van der Waals surface area contributed by atoms with E-state index in [2.05, 4.69) is 22.8 Å². The number of urea groups is 1. The first-order valence-corrected chi connectivity index (χ1v) is 9.96. The molecule has 1 aromatic heterocycles. The molecule has 2 aromatic rings. The van der Waals surface area contributed by atoms with Crippen molar-refractivity contribution in [2.24, 2.45) is 0 Å². The van der Waals surface area contributed by atoms with Gasteiger partial charge in [-0.05, 0) is 47.4 Å². The Morgan fingerprint density at radius 2 is 1.97 bits per heavy atom. The second kappa shape index (κ2) is 6.73. The van der Waals surface area contributed by atoms with Crippen LogP contribution in [0.25, 0.3) is 12.2 Å². The highest BCUT2D eigenvalue weighted by atomic mass is 16.4. The molecular formula is C23H21N3O4. The van der Waals surface area contributed by atoms with Crippen molar-refractivity contribution in [3.63, 3.8) is 0 Å². The Morgan fingerprint density at radius 3 is 2.70 bits per heavy atom. The second-order valence-electron chi connectivity index (χ2n) is 7.81. The molecule has 0 spiro atoms. The van der Waals surface area contributed by atoms with Crippen molar-refractivity contribution in [2.45, 2.75) is 25.4 Å². The lowest BCUT2D eigenvalue weighted by atomic mass is 9.98. The van der Waals surface area contributed by atoms with Crippen molar-refractivity contribution in [1.29, 1.82) is 0 Å². The molecule has 1 unspecified atom stereocenters. The molecule has 30 heavy (non-hydrogen) atoms. The van der Waals surface area contributed by atoms with E-state index >= 15 is 0 Å². The first-order valence-electron chi connectivity index (χ1n) is 9.96. The summed E-state index contributed by atoms with van der Waals surface area (Å²) in [4.78, 5) is 39.6. The fourth-order valence-corrected chi connectivity index (χ4v) is 4.68. The fraction of sp³-hybridized carbons (Fsp3) is 0.261. The van der Waals surface area contributed by atoms with Gasteiger partial charge in [0.15, 0.2) is 6.04 Å². The SMILES string of the molecule is CN1C(=O)C2c3c(c4c(n3Cc3ccc(C(=O)O)cc3)=CC=CCC=4)CCN2C1=O. The van der Waals surface area contributed by atoms with E-state index in [-0.39, 0.29) is 17.5 Å². The van der Waals surface area contributed by atoms with Crippen molar-refractivity contribution in [2.75, 3.05) is 13.6 Å². The lowest BCUT2D eigenvalue weighted by molar-refractivity contribution is -0.127. The van der Waals surface area contributed by atoms with Crippen LogP contribution in [0.2, 0.25) is 0 Å². The maximum absolute atomic E-state index is 13.0. The molecule has 0 bridgehead atoms. The molecule has 2 aliphatic heterocycles. The molecule has 3 heterocycles. The molecule has 1 aliphatic carbocycles. The summed E-state index contributed by atoms with van der Waals surface area (Å²) in [5.41, 5.74) is 3.17. The van der Waals surface area contributed by atoms with E-state index in [1.165, 1.54) is 11.9 Å². The Morgan fingerprint density at radius 1 is 1.20 bits per heavy atom. The number of carbonyl (C=O) groups is 3. The standard InChI is InChI=1S/C23H21N3O4/c1-24-21(27)20-19-17(11-12-25(20)23(24)30)16-5-3-2-4-6-18(16)26(19)13-14-7-9-15(10-8-14)22(28)29/h2,4-10,20H,3,11-13H2,1H3,(H,28,29). The molecule has 1 N–H and O–H groups in total. The van der Waals surface area contributed by atoms with Crippen molar-refractivity contribution in [3.8, 4) is 0 Å². The van der Waals surface area contributed by atoms with Gasteiger partial charge in [-0.3, -0.25) is 9.69 Å². The largest absolute Gasteiger partial charge is 0.478 e. The molecule has 1 fully saturated rings. The first-order chi connectivity index (χ1) is 14.5. The van der Waals surface area contributed by atoms with Gasteiger partial charge >= 0.3 is 12.0 Å². The third-order valence-corrected chi connectivity index (χ3v) is 6.15. The lowest BCUT2D eigenvalue weighted by Crippen LogP contribution is -2.37. The van der Waals surface area contributed by atoms with E-state index in [9.17, 15) is 14.4 Å². The van der Waals surface area contributed by atoms with Crippen LogP contribution < -0.4 is 10.6 Å². The maximum atomic E-state index is 13.0. The average Bonchev–Trinajstić information content (AvgIpc) is 3.02. The Kier molecular flexibility index (Phi) is 4.13. The van der Waals surface area contributed by atoms with Gasteiger partial charge in [0.25, 0.3) is 5.91 Å². The number of benzene rings is 1. The van der Waals surface area contributed by atoms with Crippen LogP contribution in [-0.2, 0) is 17.8 Å². The highest BCUT2D eigenvalue weighted by Crippen LogP contribution is 2.35. The van der Waals surface area contributed by atoms with Gasteiger partial charge in [0.2, 0.25) is 0 Å². The van der Waals surface area contributed by atoms with Gasteiger partial charge in [-0.15, -0.1) is 0 Å². The number of likely N-dealkylation sites (N-methyl/N-ethyl adjacent to an activating group) is 1. The van der Waals surface area contributed by atoms with Gasteiger partial charge in [-0.2, -0.15) is 0 Å². The number of hydrogen-bond acceptors (Lipinski definition) is 3. The minimum absolute atomic E-state index is 0.202. The van der Waals surface area contributed by atoms with E-state index in [0.717, 1.165) is 33.8 Å². The van der Waals surface area contributed by atoms with E-state index < -0.39 is 12.0 Å². The van der Waals surface area contributed by atoms with Gasteiger partial charge in [0, 0.05) is 25.5 Å². The molecule has 3 aliphatic rings. The monoisotopic (exact) mass is 403 g/mol. The molecule has 152 valence electrons. The zero-order chi connectivity index (χ0) is 21.0. The number of carboxylic acids is 1. The number of amides is 3. The quantitative estimate of drug-likeness (QED) is 0.782. The summed E-state index contributed by atoms with van der Waals surface area (Å²) in [5, 5.41) is 11.3. The Labute approximate surface area is 172 Å². The number of aromatic carboxylic acids is 1. The van der Waals surface area contributed by atoms with Crippen LogP contribution in [0.3, 0.4) is 0 Å². The van der Waals surface area contributed by atoms with Crippen molar-refractivity contribution >= 4 is 30.1 Å². The molecule has 0 saturated carbocycles. The van der Waals surface area contributed by atoms with E-state index in [0.29, 0.717) is 19.5 Å². The highest BCUT2D eigenvalue weighted by Gasteiger charge is 2.48. The maximum Gasteiger partial charge on any atom is 0.335 e. The zero-order valence-corrected chi connectivity index (χ0v) is 16.5. The van der Waals surface area contributed by atoms with Crippen LogP contribution in [0.15, 0.2) is 36.4 Å². The summed E-state index contributed by atoms with van der Waals surface area (Å²) in [6, 6.07) is 5.91. The van der Waals surface area contributed by atoms with Crippen LogP contribution in [0.4, 0.5) is 4.79 Å². The van der Waals surface area contributed by atoms with Crippen LogP contribution in [0.1, 0.15) is 39.6 Å². The molecule has 5 rings (SSSR count).